The van der Waals surface area contributed by atoms with Gasteiger partial charge < -0.3 is 9.47 Å². The molecule has 10 rings (SSSR count). The van der Waals surface area contributed by atoms with Crippen molar-refractivity contribution < 1.29 is 0 Å². The normalized spacial score (nSPS) is 12.8. The molecule has 8 aromatic carbocycles. The van der Waals surface area contributed by atoms with Crippen molar-refractivity contribution in [1.82, 2.24) is 4.57 Å². The molecular formula is C51H32N4. The Kier molecular flexibility index (Phi) is 7.44. The van der Waals surface area contributed by atoms with Crippen LogP contribution in [0, 0.1) is 17.9 Å². The number of aromatic nitrogens is 1. The standard InChI is InChI=1S/C51H32N4/c1-53-46-32-35(28-29-36(46)34-52)37-30-40(54-47-24-12-8-20-42(47)43-21-9-13-25-48(43)54)33-41(31-37)55-49-26-14-10-22-44(49)51(38-16-4-2-5-17-38,39-18-6-3-7-19-39)45-23-11-15-27-50(45)55/h2-33H. The van der Waals surface area contributed by atoms with E-state index in [1.807, 2.05) is 12.1 Å². The monoisotopic (exact) mass is 700 g/mol. The molecule has 1 aliphatic rings. The van der Waals surface area contributed by atoms with E-state index < -0.39 is 5.41 Å². The largest absolute Gasteiger partial charge is 0.310 e. The number of rotatable bonds is 5. The summed E-state index contributed by atoms with van der Waals surface area (Å²) in [6, 6.07) is 70.8. The molecule has 0 bridgehead atoms. The summed E-state index contributed by atoms with van der Waals surface area (Å²) < 4.78 is 2.34. The quantitative estimate of drug-likeness (QED) is 0.168. The number of anilines is 3. The second-order valence-corrected chi connectivity index (χ2v) is 13.9. The summed E-state index contributed by atoms with van der Waals surface area (Å²) in [7, 11) is 0. The van der Waals surface area contributed by atoms with Gasteiger partial charge in [-0.05, 0) is 81.9 Å². The summed E-state index contributed by atoms with van der Waals surface area (Å²) in [5.74, 6) is 0. The fraction of sp³-hybridized carbons (Fsp3) is 0.0196. The number of nitriles is 1. The molecular weight excluding hydrogens is 669 g/mol. The predicted octanol–water partition coefficient (Wildman–Crippen LogP) is 13.0. The maximum absolute atomic E-state index is 9.79. The van der Waals surface area contributed by atoms with Crippen molar-refractivity contribution in [3.8, 4) is 22.9 Å². The lowest BCUT2D eigenvalue weighted by Gasteiger charge is -2.46. The first kappa shape index (κ1) is 32.0. The van der Waals surface area contributed by atoms with E-state index in [-0.39, 0.29) is 0 Å². The molecule has 0 fully saturated rings. The molecule has 9 aromatic rings. The average molecular weight is 701 g/mol. The lowest BCUT2D eigenvalue weighted by Crippen LogP contribution is -2.37. The second-order valence-electron chi connectivity index (χ2n) is 13.9. The lowest BCUT2D eigenvalue weighted by molar-refractivity contribution is 0.731. The van der Waals surface area contributed by atoms with Gasteiger partial charge in [-0.25, -0.2) is 4.85 Å². The van der Waals surface area contributed by atoms with Gasteiger partial charge in [-0.15, -0.1) is 0 Å². The molecule has 0 N–H and O–H groups in total. The van der Waals surface area contributed by atoms with Crippen LogP contribution in [0.4, 0.5) is 22.7 Å². The van der Waals surface area contributed by atoms with E-state index in [0.717, 1.165) is 44.9 Å². The minimum absolute atomic E-state index is 0.341. The van der Waals surface area contributed by atoms with E-state index in [0.29, 0.717) is 11.3 Å². The van der Waals surface area contributed by atoms with Gasteiger partial charge in [0.1, 0.15) is 0 Å². The Morgan fingerprint density at radius 2 is 1.00 bits per heavy atom. The molecule has 256 valence electrons. The highest BCUT2D eigenvalue weighted by molar-refractivity contribution is 6.09. The third-order valence-electron chi connectivity index (χ3n) is 11.1. The maximum Gasteiger partial charge on any atom is 0.205 e. The van der Waals surface area contributed by atoms with Crippen LogP contribution in [0.5, 0.6) is 0 Å². The van der Waals surface area contributed by atoms with Crippen molar-refractivity contribution in [2.24, 2.45) is 0 Å². The van der Waals surface area contributed by atoms with Crippen molar-refractivity contribution in [3.63, 3.8) is 0 Å². The average Bonchev–Trinajstić information content (AvgIpc) is 3.60. The minimum Gasteiger partial charge on any atom is -0.310 e. The number of para-hydroxylation sites is 4. The topological polar surface area (TPSA) is 36.3 Å². The molecule has 4 nitrogen and oxygen atoms in total. The lowest BCUT2D eigenvalue weighted by atomic mass is 9.62. The Hall–Kier alpha value is -7.66. The van der Waals surface area contributed by atoms with E-state index in [1.165, 1.54) is 33.0 Å². The van der Waals surface area contributed by atoms with E-state index in [2.05, 4.69) is 196 Å². The number of benzene rings is 8. The molecule has 0 atom stereocenters. The van der Waals surface area contributed by atoms with Crippen molar-refractivity contribution in [2.75, 3.05) is 4.90 Å². The highest BCUT2D eigenvalue weighted by Gasteiger charge is 2.46. The zero-order valence-electron chi connectivity index (χ0n) is 29.8. The van der Waals surface area contributed by atoms with Gasteiger partial charge in [-0.2, -0.15) is 5.26 Å². The first-order chi connectivity index (χ1) is 27.2. The van der Waals surface area contributed by atoms with Crippen LogP contribution in [0.3, 0.4) is 0 Å². The van der Waals surface area contributed by atoms with Crippen molar-refractivity contribution in [1.29, 1.82) is 5.26 Å². The SMILES string of the molecule is [C-]#[N+]c1cc(-c2cc(N3c4ccccc4C(c4ccccc4)(c4ccccc4)c4ccccc43)cc(-n3c4ccccc4c4ccccc43)c2)ccc1C#N. The van der Waals surface area contributed by atoms with E-state index >= 15 is 0 Å². The zero-order valence-corrected chi connectivity index (χ0v) is 29.8. The summed E-state index contributed by atoms with van der Waals surface area (Å²) in [4.78, 5) is 6.14. The van der Waals surface area contributed by atoms with Crippen LogP contribution in [0.1, 0.15) is 27.8 Å². The van der Waals surface area contributed by atoms with E-state index in [1.54, 1.807) is 6.07 Å². The van der Waals surface area contributed by atoms with Gasteiger partial charge in [0, 0.05) is 22.1 Å². The van der Waals surface area contributed by atoms with Gasteiger partial charge in [-0.3, -0.25) is 0 Å². The summed E-state index contributed by atoms with van der Waals surface area (Å²) in [6.45, 7) is 7.89. The maximum atomic E-state index is 9.79. The summed E-state index contributed by atoms with van der Waals surface area (Å²) in [5.41, 5.74) is 13.1. The van der Waals surface area contributed by atoms with Gasteiger partial charge in [0.05, 0.1) is 46.0 Å². The molecule has 0 radical (unpaired) electrons. The van der Waals surface area contributed by atoms with Crippen LogP contribution in [-0.4, -0.2) is 4.57 Å². The van der Waals surface area contributed by atoms with Crippen LogP contribution < -0.4 is 4.90 Å². The summed E-state index contributed by atoms with van der Waals surface area (Å²) >= 11 is 0. The van der Waals surface area contributed by atoms with Crippen LogP contribution in [0.25, 0.3) is 43.5 Å². The molecule has 0 unspecified atom stereocenters. The number of hydrogen-bond donors (Lipinski definition) is 0. The minimum atomic E-state index is -0.586. The molecule has 0 saturated heterocycles. The van der Waals surface area contributed by atoms with Gasteiger partial charge in [-0.1, -0.05) is 146 Å². The molecule has 55 heavy (non-hydrogen) atoms. The first-order valence-corrected chi connectivity index (χ1v) is 18.4. The number of hydrogen-bond acceptors (Lipinski definition) is 2. The predicted molar refractivity (Wildman–Crippen MR) is 224 cm³/mol. The highest BCUT2D eigenvalue weighted by Crippen LogP contribution is 2.58. The fourth-order valence-electron chi connectivity index (χ4n) is 8.81. The van der Waals surface area contributed by atoms with E-state index in [4.69, 9.17) is 6.57 Å². The number of fused-ring (bicyclic) bond motifs is 5. The van der Waals surface area contributed by atoms with Crippen molar-refractivity contribution in [2.45, 2.75) is 5.41 Å². The molecule has 1 aliphatic heterocycles. The van der Waals surface area contributed by atoms with Crippen molar-refractivity contribution in [3.05, 3.63) is 233 Å². The first-order valence-electron chi connectivity index (χ1n) is 18.4. The van der Waals surface area contributed by atoms with E-state index in [9.17, 15) is 5.26 Å². The van der Waals surface area contributed by atoms with Gasteiger partial charge in [0.2, 0.25) is 5.69 Å². The Labute approximate surface area is 319 Å². The smallest absolute Gasteiger partial charge is 0.205 e. The van der Waals surface area contributed by atoms with Gasteiger partial charge in [0.15, 0.2) is 0 Å². The Bertz CT molecular complexity index is 2880. The zero-order chi connectivity index (χ0) is 36.9. The molecule has 4 heteroatoms. The van der Waals surface area contributed by atoms with Crippen molar-refractivity contribution >= 4 is 44.6 Å². The van der Waals surface area contributed by atoms with Gasteiger partial charge >= 0.3 is 0 Å². The fourth-order valence-corrected chi connectivity index (χ4v) is 8.81. The van der Waals surface area contributed by atoms with Crippen LogP contribution in [-0.2, 0) is 5.41 Å². The Morgan fingerprint density at radius 1 is 0.491 bits per heavy atom. The van der Waals surface area contributed by atoms with Gasteiger partial charge in [0.25, 0.3) is 0 Å². The molecule has 0 spiro atoms. The number of nitrogens with zero attached hydrogens (tertiary/aromatic N) is 4. The molecule has 0 aliphatic carbocycles. The molecule has 2 heterocycles. The second kappa shape index (κ2) is 12.8. The summed E-state index contributed by atoms with van der Waals surface area (Å²) in [5, 5.41) is 12.2. The van der Waals surface area contributed by atoms with Crippen LogP contribution >= 0.6 is 0 Å². The molecule has 0 amide bonds. The Morgan fingerprint density at radius 3 is 1.56 bits per heavy atom. The van der Waals surface area contributed by atoms with Crippen LogP contribution in [0.15, 0.2) is 194 Å². The third-order valence-corrected chi connectivity index (χ3v) is 11.1. The summed E-state index contributed by atoms with van der Waals surface area (Å²) in [6.07, 6.45) is 0. The van der Waals surface area contributed by atoms with Crippen LogP contribution in [0.2, 0.25) is 0 Å². The molecule has 1 aromatic heterocycles. The highest BCUT2D eigenvalue weighted by atomic mass is 15.2. The molecule has 0 saturated carbocycles. The third kappa shape index (κ3) is 4.83. The Balaban J connectivity index is 1.30.